The van der Waals surface area contributed by atoms with Gasteiger partial charge >= 0.3 is 5.97 Å². The van der Waals surface area contributed by atoms with Crippen molar-refractivity contribution in [1.82, 2.24) is 0 Å². The third-order valence-corrected chi connectivity index (χ3v) is 1.25. The molecule has 0 rings (SSSR count). The second-order valence-corrected chi connectivity index (χ2v) is 2.15. The highest BCUT2D eigenvalue weighted by Gasteiger charge is 2.18. The lowest BCUT2D eigenvalue weighted by molar-refractivity contribution is -0.525. The lowest BCUT2D eigenvalue weighted by Crippen LogP contribution is -2.25. The third kappa shape index (κ3) is 4.30. The summed E-state index contributed by atoms with van der Waals surface area (Å²) in [6.07, 6.45) is 0.375. The second-order valence-electron chi connectivity index (χ2n) is 2.15. The van der Waals surface area contributed by atoms with E-state index in [1.165, 1.54) is 6.92 Å². The molecule has 0 fully saturated rings. The van der Waals surface area contributed by atoms with Crippen LogP contribution in [0, 0.1) is 10.1 Å². The van der Waals surface area contributed by atoms with Crippen molar-refractivity contribution >= 4 is 5.97 Å². The summed E-state index contributed by atoms with van der Waals surface area (Å²) in [6.45, 7) is 2.78. The van der Waals surface area contributed by atoms with Gasteiger partial charge in [-0.25, -0.2) is 0 Å². The van der Waals surface area contributed by atoms with Crippen molar-refractivity contribution in [2.75, 3.05) is 6.61 Å². The average molecular weight is 161 g/mol. The molecule has 5 heteroatoms. The third-order valence-electron chi connectivity index (χ3n) is 1.25. The van der Waals surface area contributed by atoms with Gasteiger partial charge in [-0.2, -0.15) is 0 Å². The first-order valence-corrected chi connectivity index (χ1v) is 3.34. The molecule has 0 radical (unpaired) electrons. The zero-order valence-electron chi connectivity index (χ0n) is 6.57. The van der Waals surface area contributed by atoms with Crippen LogP contribution < -0.4 is 0 Å². The predicted molar refractivity (Wildman–Crippen MR) is 37.7 cm³/mol. The number of carbonyl (C=O) groups excluding carboxylic acids is 1. The van der Waals surface area contributed by atoms with Crippen LogP contribution in [0.1, 0.15) is 20.3 Å². The van der Waals surface area contributed by atoms with E-state index in [0.717, 1.165) is 0 Å². The Morgan fingerprint density at radius 2 is 2.27 bits per heavy atom. The van der Waals surface area contributed by atoms with Gasteiger partial charge in [0, 0.05) is 18.3 Å². The minimum Gasteiger partial charge on any atom is -0.459 e. The van der Waals surface area contributed by atoms with E-state index >= 15 is 0 Å². The monoisotopic (exact) mass is 161 g/mol. The average Bonchev–Trinajstić information content (AvgIpc) is 1.87. The molecule has 0 aliphatic carbocycles. The van der Waals surface area contributed by atoms with E-state index in [2.05, 4.69) is 4.74 Å². The molecule has 0 saturated carbocycles. The van der Waals surface area contributed by atoms with E-state index in [9.17, 15) is 14.9 Å². The van der Waals surface area contributed by atoms with Gasteiger partial charge in [-0.1, -0.05) is 6.92 Å². The zero-order valence-corrected chi connectivity index (χ0v) is 6.57. The fourth-order valence-corrected chi connectivity index (χ4v) is 0.541. The normalized spacial score (nSPS) is 12.2. The molecule has 0 bridgehead atoms. The Hall–Kier alpha value is -1.13. The van der Waals surface area contributed by atoms with Crippen LogP contribution in [-0.2, 0) is 9.53 Å². The topological polar surface area (TPSA) is 69.4 Å². The van der Waals surface area contributed by atoms with Gasteiger partial charge in [0.15, 0.2) is 6.61 Å². The smallest absolute Gasteiger partial charge is 0.302 e. The number of ether oxygens (including phenoxy) is 1. The maximum atomic E-state index is 10.2. The summed E-state index contributed by atoms with van der Waals surface area (Å²) >= 11 is 0. The molecule has 0 aromatic carbocycles. The number of esters is 1. The minimum atomic E-state index is -0.765. The Balaban J connectivity index is 3.70. The molecule has 1 atom stereocenters. The van der Waals surface area contributed by atoms with Crippen LogP contribution in [-0.4, -0.2) is 23.5 Å². The van der Waals surface area contributed by atoms with Gasteiger partial charge in [0.1, 0.15) is 0 Å². The molecule has 0 amide bonds. The van der Waals surface area contributed by atoms with Gasteiger partial charge in [-0.3, -0.25) is 14.9 Å². The number of carbonyl (C=O) groups is 1. The van der Waals surface area contributed by atoms with E-state index in [4.69, 9.17) is 0 Å². The number of hydrogen-bond acceptors (Lipinski definition) is 4. The van der Waals surface area contributed by atoms with Crippen LogP contribution in [0.5, 0.6) is 0 Å². The van der Waals surface area contributed by atoms with E-state index in [1.807, 2.05) is 0 Å². The second kappa shape index (κ2) is 4.65. The van der Waals surface area contributed by atoms with Crippen LogP contribution in [0.15, 0.2) is 0 Å². The molecule has 0 aromatic rings. The zero-order chi connectivity index (χ0) is 8.85. The Labute approximate surface area is 64.5 Å². The first kappa shape index (κ1) is 9.87. The minimum absolute atomic E-state index is 0.126. The fraction of sp³-hybridized carbons (Fsp3) is 0.833. The van der Waals surface area contributed by atoms with Crippen molar-refractivity contribution < 1.29 is 14.5 Å². The van der Waals surface area contributed by atoms with Gasteiger partial charge in [-0.05, 0) is 0 Å². The quantitative estimate of drug-likeness (QED) is 0.344. The van der Waals surface area contributed by atoms with Crippen LogP contribution in [0.4, 0.5) is 0 Å². The molecule has 0 aromatic heterocycles. The molecular weight excluding hydrogens is 150 g/mol. The Kier molecular flexibility index (Phi) is 4.17. The number of rotatable bonds is 4. The van der Waals surface area contributed by atoms with Crippen LogP contribution >= 0.6 is 0 Å². The van der Waals surface area contributed by atoms with Crippen LogP contribution in [0.25, 0.3) is 0 Å². The number of nitro groups is 1. The Morgan fingerprint density at radius 3 is 2.55 bits per heavy atom. The van der Waals surface area contributed by atoms with Gasteiger partial charge in [0.05, 0.1) is 0 Å². The fourth-order valence-electron chi connectivity index (χ4n) is 0.541. The summed E-state index contributed by atoms with van der Waals surface area (Å²) in [7, 11) is 0. The summed E-state index contributed by atoms with van der Waals surface area (Å²) in [4.78, 5) is 20.0. The van der Waals surface area contributed by atoms with Gasteiger partial charge in [0.2, 0.25) is 6.04 Å². The SMILES string of the molecule is CCC(COC(C)=O)[N+](=O)[O-]. The molecule has 64 valence electrons. The van der Waals surface area contributed by atoms with Crippen LogP contribution in [0.2, 0.25) is 0 Å². The number of nitrogens with zero attached hydrogens (tertiary/aromatic N) is 1. The van der Waals surface area contributed by atoms with Gasteiger partial charge in [0.25, 0.3) is 0 Å². The largest absolute Gasteiger partial charge is 0.459 e. The standard InChI is InChI=1S/C6H11NO4/c1-3-6(7(9)10)4-11-5(2)8/h6H,3-4H2,1-2H3. The first-order valence-electron chi connectivity index (χ1n) is 3.34. The molecule has 11 heavy (non-hydrogen) atoms. The maximum absolute atomic E-state index is 10.2. The molecule has 0 N–H and O–H groups in total. The molecule has 0 spiro atoms. The van der Waals surface area contributed by atoms with E-state index in [0.29, 0.717) is 6.42 Å². The summed E-state index contributed by atoms with van der Waals surface area (Å²) in [6, 6.07) is -0.765. The number of hydrogen-bond donors (Lipinski definition) is 0. The van der Waals surface area contributed by atoms with Gasteiger partial charge in [-0.15, -0.1) is 0 Å². The lowest BCUT2D eigenvalue weighted by Gasteiger charge is -2.05. The Morgan fingerprint density at radius 1 is 1.73 bits per heavy atom. The van der Waals surface area contributed by atoms with Crippen molar-refractivity contribution in [2.24, 2.45) is 0 Å². The highest BCUT2D eigenvalue weighted by atomic mass is 16.6. The predicted octanol–water partition coefficient (Wildman–Crippen LogP) is 0.605. The molecule has 0 aliphatic rings. The summed E-state index contributed by atoms with van der Waals surface area (Å²) in [5, 5.41) is 10.2. The van der Waals surface area contributed by atoms with Crippen molar-refractivity contribution in [2.45, 2.75) is 26.3 Å². The maximum Gasteiger partial charge on any atom is 0.302 e. The molecular formula is C6H11NO4. The molecule has 0 aliphatic heterocycles. The summed E-state index contributed by atoms with van der Waals surface area (Å²) < 4.78 is 4.48. The van der Waals surface area contributed by atoms with Gasteiger partial charge < -0.3 is 4.74 Å². The first-order chi connectivity index (χ1) is 5.07. The van der Waals surface area contributed by atoms with E-state index in [1.54, 1.807) is 6.92 Å². The van der Waals surface area contributed by atoms with Crippen molar-refractivity contribution in [3.63, 3.8) is 0 Å². The van der Waals surface area contributed by atoms with Crippen molar-refractivity contribution in [1.29, 1.82) is 0 Å². The van der Waals surface area contributed by atoms with Crippen molar-refractivity contribution in [3.8, 4) is 0 Å². The molecule has 5 nitrogen and oxygen atoms in total. The van der Waals surface area contributed by atoms with Crippen LogP contribution in [0.3, 0.4) is 0 Å². The van der Waals surface area contributed by atoms with E-state index in [-0.39, 0.29) is 6.61 Å². The van der Waals surface area contributed by atoms with E-state index < -0.39 is 16.9 Å². The summed E-state index contributed by atoms with van der Waals surface area (Å²) in [5.41, 5.74) is 0. The molecule has 0 saturated heterocycles. The molecule has 1 unspecified atom stereocenters. The summed E-state index contributed by atoms with van der Waals surface area (Å²) in [5.74, 6) is -0.481. The molecule has 0 heterocycles. The highest BCUT2D eigenvalue weighted by Crippen LogP contribution is 1.96. The lowest BCUT2D eigenvalue weighted by atomic mass is 10.2. The highest BCUT2D eigenvalue weighted by molar-refractivity contribution is 5.65. The van der Waals surface area contributed by atoms with Crippen molar-refractivity contribution in [3.05, 3.63) is 10.1 Å². The Bertz CT molecular complexity index is 157.